The summed E-state index contributed by atoms with van der Waals surface area (Å²) in [6.07, 6.45) is 1.48. The second-order valence-corrected chi connectivity index (χ2v) is 4.21. The maximum atomic E-state index is 12.2. The van der Waals surface area contributed by atoms with Crippen LogP contribution in [0, 0.1) is 17.0 Å². The summed E-state index contributed by atoms with van der Waals surface area (Å²) in [6.45, 7) is 1.50. The van der Waals surface area contributed by atoms with Crippen molar-refractivity contribution in [1.82, 2.24) is 9.78 Å². The van der Waals surface area contributed by atoms with Gasteiger partial charge in [-0.3, -0.25) is 4.79 Å². The van der Waals surface area contributed by atoms with Crippen LogP contribution >= 0.6 is 0 Å². The molecule has 0 aliphatic rings. The predicted molar refractivity (Wildman–Crippen MR) is 70.9 cm³/mol. The molecule has 2 aromatic rings. The van der Waals surface area contributed by atoms with Crippen LogP contribution < -0.4 is 4.74 Å². The Bertz CT molecular complexity index is 663. The van der Waals surface area contributed by atoms with Gasteiger partial charge in [-0.15, -0.1) is 0 Å². The molecular weight excluding hydrogens is 262 g/mol. The van der Waals surface area contributed by atoms with Crippen molar-refractivity contribution in [3.05, 3.63) is 51.7 Å². The number of hydrogen-bond acceptors (Lipinski definition) is 5. The van der Waals surface area contributed by atoms with E-state index in [-0.39, 0.29) is 18.1 Å². The van der Waals surface area contributed by atoms with E-state index < -0.39 is 4.92 Å². The van der Waals surface area contributed by atoms with Gasteiger partial charge in [0.2, 0.25) is 0 Å². The molecule has 0 atom stereocenters. The van der Waals surface area contributed by atoms with E-state index in [2.05, 4.69) is 5.10 Å². The number of nitrogens with zero attached hydrogens (tertiary/aromatic N) is 3. The summed E-state index contributed by atoms with van der Waals surface area (Å²) in [6, 6.07) is 6.82. The highest BCUT2D eigenvalue weighted by Gasteiger charge is 2.20. The van der Waals surface area contributed by atoms with Crippen molar-refractivity contribution in [3.63, 3.8) is 0 Å². The summed E-state index contributed by atoms with van der Waals surface area (Å²) in [5, 5.41) is 14.5. The van der Waals surface area contributed by atoms with Crippen LogP contribution in [0.25, 0.3) is 0 Å². The van der Waals surface area contributed by atoms with Crippen LogP contribution in [-0.4, -0.2) is 27.6 Å². The predicted octanol–water partition coefficient (Wildman–Crippen LogP) is 1.99. The van der Waals surface area contributed by atoms with Crippen molar-refractivity contribution in [2.24, 2.45) is 0 Å². The van der Waals surface area contributed by atoms with Gasteiger partial charge in [0.25, 0.3) is 0 Å². The second-order valence-electron chi connectivity index (χ2n) is 4.21. The molecule has 1 heterocycles. The number of Topliss-reactive ketones (excluding diaryl/α,β-unsaturated/α-hetero) is 1. The molecule has 0 saturated carbocycles. The number of hydrogen-bond donors (Lipinski definition) is 0. The van der Waals surface area contributed by atoms with Gasteiger partial charge in [0.15, 0.2) is 5.78 Å². The highest BCUT2D eigenvalue weighted by Crippen LogP contribution is 2.19. The van der Waals surface area contributed by atoms with Crippen LogP contribution in [0.3, 0.4) is 0 Å². The minimum absolute atomic E-state index is 0.0744. The third-order valence-corrected chi connectivity index (χ3v) is 2.80. The molecule has 0 N–H and O–H groups in total. The molecule has 0 radical (unpaired) electrons. The number of methoxy groups -OCH3 is 1. The van der Waals surface area contributed by atoms with E-state index in [1.54, 1.807) is 31.2 Å². The van der Waals surface area contributed by atoms with E-state index in [4.69, 9.17) is 4.74 Å². The van der Waals surface area contributed by atoms with E-state index in [0.717, 1.165) is 0 Å². The Hall–Kier alpha value is -2.70. The largest absolute Gasteiger partial charge is 0.496 e. The van der Waals surface area contributed by atoms with Crippen LogP contribution in [0.1, 0.15) is 15.9 Å². The van der Waals surface area contributed by atoms with Crippen LogP contribution in [-0.2, 0) is 6.54 Å². The first kappa shape index (κ1) is 13.7. The number of nitro groups is 1. The molecule has 0 aliphatic heterocycles. The van der Waals surface area contributed by atoms with E-state index >= 15 is 0 Å². The first-order chi connectivity index (χ1) is 9.52. The Morgan fingerprint density at radius 2 is 2.15 bits per heavy atom. The van der Waals surface area contributed by atoms with Gasteiger partial charge in [0.1, 0.15) is 12.3 Å². The average molecular weight is 275 g/mol. The maximum Gasteiger partial charge on any atom is 0.392 e. The summed E-state index contributed by atoms with van der Waals surface area (Å²) < 4.78 is 6.38. The minimum atomic E-state index is -0.570. The van der Waals surface area contributed by atoms with Gasteiger partial charge in [0, 0.05) is 0 Å². The van der Waals surface area contributed by atoms with Gasteiger partial charge in [0.05, 0.1) is 29.5 Å². The Balaban J connectivity index is 2.24. The Morgan fingerprint density at radius 3 is 2.75 bits per heavy atom. The number of rotatable bonds is 5. The van der Waals surface area contributed by atoms with Crippen LogP contribution in [0.5, 0.6) is 5.75 Å². The summed E-state index contributed by atoms with van der Waals surface area (Å²) in [5.74, 6) is 0.00792. The lowest BCUT2D eigenvalue weighted by Crippen LogP contribution is -2.12. The molecule has 20 heavy (non-hydrogen) atoms. The van der Waals surface area contributed by atoms with Crippen molar-refractivity contribution in [2.45, 2.75) is 13.5 Å². The normalized spacial score (nSPS) is 10.3. The number of para-hydroxylation sites is 1. The van der Waals surface area contributed by atoms with Gasteiger partial charge in [-0.1, -0.05) is 12.1 Å². The van der Waals surface area contributed by atoms with Gasteiger partial charge in [-0.2, -0.15) is 4.68 Å². The number of carbonyl (C=O) groups excluding carboxylic acids is 1. The fourth-order valence-electron chi connectivity index (χ4n) is 1.88. The SMILES string of the molecule is COc1ccccc1C(=O)Cn1cc(C)c([N+](=O)[O-])n1. The van der Waals surface area contributed by atoms with E-state index in [0.29, 0.717) is 16.9 Å². The fraction of sp³-hybridized carbons (Fsp3) is 0.231. The summed E-state index contributed by atoms with van der Waals surface area (Å²) >= 11 is 0. The second kappa shape index (κ2) is 5.52. The summed E-state index contributed by atoms with van der Waals surface area (Å²) in [5.41, 5.74) is 0.841. The molecule has 0 fully saturated rings. The minimum Gasteiger partial charge on any atom is -0.496 e. The van der Waals surface area contributed by atoms with E-state index in [9.17, 15) is 14.9 Å². The van der Waals surface area contributed by atoms with Gasteiger partial charge >= 0.3 is 5.82 Å². The molecule has 1 aromatic carbocycles. The van der Waals surface area contributed by atoms with E-state index in [1.807, 2.05) is 0 Å². The third-order valence-electron chi connectivity index (χ3n) is 2.80. The monoisotopic (exact) mass is 275 g/mol. The zero-order valence-corrected chi connectivity index (χ0v) is 11.1. The zero-order chi connectivity index (χ0) is 14.7. The molecule has 7 heteroatoms. The highest BCUT2D eigenvalue weighted by atomic mass is 16.6. The Labute approximate surface area is 114 Å². The van der Waals surface area contributed by atoms with Crippen molar-refractivity contribution >= 4 is 11.6 Å². The number of aromatic nitrogens is 2. The number of carbonyl (C=O) groups is 1. The van der Waals surface area contributed by atoms with Crippen molar-refractivity contribution in [3.8, 4) is 5.75 Å². The van der Waals surface area contributed by atoms with Gasteiger partial charge in [-0.05, 0) is 24.0 Å². The van der Waals surface area contributed by atoms with Gasteiger partial charge in [-0.25, -0.2) is 0 Å². The molecule has 0 unspecified atom stereocenters. The van der Waals surface area contributed by atoms with Gasteiger partial charge < -0.3 is 14.9 Å². The smallest absolute Gasteiger partial charge is 0.392 e. The molecule has 0 amide bonds. The fourth-order valence-corrected chi connectivity index (χ4v) is 1.88. The molecule has 104 valence electrons. The molecule has 0 aliphatic carbocycles. The molecule has 1 aromatic heterocycles. The van der Waals surface area contributed by atoms with E-state index in [1.165, 1.54) is 18.0 Å². The van der Waals surface area contributed by atoms with Crippen LogP contribution in [0.2, 0.25) is 0 Å². The lowest BCUT2D eigenvalue weighted by Gasteiger charge is -2.05. The topological polar surface area (TPSA) is 87.3 Å². The summed E-state index contributed by atoms with van der Waals surface area (Å²) in [7, 11) is 1.48. The standard InChI is InChI=1S/C13H13N3O4/c1-9-7-15(14-13(9)16(18)19)8-11(17)10-5-3-4-6-12(10)20-2/h3-7H,8H2,1-2H3. The average Bonchev–Trinajstić information content (AvgIpc) is 2.79. The van der Waals surface area contributed by atoms with Crippen LogP contribution in [0.15, 0.2) is 30.5 Å². The van der Waals surface area contributed by atoms with Crippen molar-refractivity contribution in [1.29, 1.82) is 0 Å². The first-order valence-corrected chi connectivity index (χ1v) is 5.87. The van der Waals surface area contributed by atoms with Crippen molar-refractivity contribution < 1.29 is 14.5 Å². The number of aryl methyl sites for hydroxylation is 1. The quantitative estimate of drug-likeness (QED) is 0.473. The number of ether oxygens (including phenoxy) is 1. The van der Waals surface area contributed by atoms with Crippen LogP contribution in [0.4, 0.5) is 5.82 Å². The number of ketones is 1. The lowest BCUT2D eigenvalue weighted by atomic mass is 10.1. The molecule has 2 rings (SSSR count). The van der Waals surface area contributed by atoms with Crippen molar-refractivity contribution in [2.75, 3.05) is 7.11 Å². The Kier molecular flexibility index (Phi) is 3.79. The zero-order valence-electron chi connectivity index (χ0n) is 11.1. The lowest BCUT2D eigenvalue weighted by molar-refractivity contribution is -0.390. The first-order valence-electron chi connectivity index (χ1n) is 5.87. The highest BCUT2D eigenvalue weighted by molar-refractivity contribution is 5.98. The molecule has 0 spiro atoms. The maximum absolute atomic E-state index is 12.2. The number of benzene rings is 1. The third kappa shape index (κ3) is 2.66. The molecule has 7 nitrogen and oxygen atoms in total. The summed E-state index contributed by atoms with van der Waals surface area (Å²) in [4.78, 5) is 22.3. The molecule has 0 bridgehead atoms. The molecular formula is C13H13N3O4. The molecule has 0 saturated heterocycles. The Morgan fingerprint density at radius 1 is 1.45 bits per heavy atom.